The number of benzene rings is 2. The van der Waals surface area contributed by atoms with Gasteiger partial charge >= 0.3 is 0 Å². The van der Waals surface area contributed by atoms with Crippen LogP contribution in [0.3, 0.4) is 0 Å². The highest BCUT2D eigenvalue weighted by Gasteiger charge is 2.25. The van der Waals surface area contributed by atoms with Gasteiger partial charge in [0, 0.05) is 39.9 Å². The maximum absolute atomic E-state index is 5.91. The van der Waals surface area contributed by atoms with Crippen molar-refractivity contribution in [3.63, 3.8) is 0 Å². The summed E-state index contributed by atoms with van der Waals surface area (Å²) in [6, 6.07) is 15.8. The summed E-state index contributed by atoms with van der Waals surface area (Å²) in [5.41, 5.74) is 2.57. The molecule has 1 aliphatic heterocycles. The zero-order valence-corrected chi connectivity index (χ0v) is 19.7. The average Bonchev–Trinajstić information content (AvgIpc) is 3.47. The van der Waals surface area contributed by atoms with Crippen molar-refractivity contribution < 1.29 is 9.47 Å². The predicted octanol–water partition coefficient (Wildman–Crippen LogP) is 3.90. The van der Waals surface area contributed by atoms with Gasteiger partial charge in [-0.05, 0) is 72.7 Å². The highest BCUT2D eigenvalue weighted by Crippen LogP contribution is 2.24. The first-order valence-corrected chi connectivity index (χ1v) is 11.5. The molecule has 1 aromatic heterocycles. The maximum Gasteiger partial charge on any atom is 0.193 e. The van der Waals surface area contributed by atoms with Gasteiger partial charge < -0.3 is 19.7 Å². The molecule has 1 unspecified atom stereocenters. The number of guanidine groups is 1. The van der Waals surface area contributed by atoms with Gasteiger partial charge in [-0.15, -0.1) is 0 Å². The Bertz CT molecular complexity index is 1040. The number of nitrogens with zero attached hydrogens (tertiary/aromatic N) is 4. The molecule has 2 heterocycles. The highest BCUT2D eigenvalue weighted by atomic mass is 16.5. The van der Waals surface area contributed by atoms with Crippen molar-refractivity contribution in [1.29, 1.82) is 0 Å². The lowest BCUT2D eigenvalue weighted by atomic mass is 10.0. The second-order valence-corrected chi connectivity index (χ2v) is 8.47. The maximum atomic E-state index is 5.91. The van der Waals surface area contributed by atoms with Crippen molar-refractivity contribution in [1.82, 2.24) is 20.0 Å². The summed E-state index contributed by atoms with van der Waals surface area (Å²) in [4.78, 5) is 6.87. The minimum Gasteiger partial charge on any atom is -0.497 e. The van der Waals surface area contributed by atoms with Gasteiger partial charge in [-0.2, -0.15) is 5.10 Å². The Labute approximate surface area is 196 Å². The molecule has 7 nitrogen and oxygen atoms in total. The molecule has 1 N–H and O–H groups in total. The number of methoxy groups -OCH3 is 1. The van der Waals surface area contributed by atoms with Crippen LogP contribution in [0.25, 0.3) is 0 Å². The van der Waals surface area contributed by atoms with Crippen molar-refractivity contribution in [3.8, 4) is 17.2 Å². The smallest absolute Gasteiger partial charge is 0.193 e. The molecule has 33 heavy (non-hydrogen) atoms. The number of hydrogen-bond acceptors (Lipinski definition) is 4. The van der Waals surface area contributed by atoms with Gasteiger partial charge in [0.25, 0.3) is 0 Å². The fourth-order valence-electron chi connectivity index (χ4n) is 4.26. The zero-order valence-electron chi connectivity index (χ0n) is 19.7. The van der Waals surface area contributed by atoms with E-state index in [1.807, 2.05) is 61.4 Å². The molecule has 0 aliphatic carbocycles. The molecule has 0 spiro atoms. The van der Waals surface area contributed by atoms with E-state index in [1.54, 1.807) is 7.11 Å². The normalized spacial score (nSPS) is 16.2. The predicted molar refractivity (Wildman–Crippen MR) is 131 cm³/mol. The van der Waals surface area contributed by atoms with Crippen LogP contribution in [0.15, 0.2) is 65.9 Å². The molecular weight excluding hydrogens is 414 g/mol. The number of nitrogens with one attached hydrogen (secondary N) is 1. The molecule has 7 heteroatoms. The number of aromatic nitrogens is 2. The lowest BCUT2D eigenvalue weighted by Gasteiger charge is -2.21. The summed E-state index contributed by atoms with van der Waals surface area (Å²) >= 11 is 0. The van der Waals surface area contributed by atoms with Crippen LogP contribution >= 0.6 is 0 Å². The largest absolute Gasteiger partial charge is 0.497 e. The van der Waals surface area contributed by atoms with E-state index in [2.05, 4.69) is 38.6 Å². The Hall–Kier alpha value is -3.48. The average molecular weight is 448 g/mol. The van der Waals surface area contributed by atoms with Gasteiger partial charge in [0.1, 0.15) is 17.2 Å². The fourth-order valence-corrected chi connectivity index (χ4v) is 4.26. The van der Waals surface area contributed by atoms with Crippen LogP contribution in [-0.2, 0) is 19.9 Å². The number of aryl methyl sites for hydroxylation is 1. The van der Waals surface area contributed by atoms with Gasteiger partial charge in [-0.25, -0.2) is 0 Å². The third-order valence-electron chi connectivity index (χ3n) is 6.00. The second-order valence-electron chi connectivity index (χ2n) is 8.47. The van der Waals surface area contributed by atoms with Gasteiger partial charge in [0.2, 0.25) is 0 Å². The van der Waals surface area contributed by atoms with Crippen LogP contribution in [0.1, 0.15) is 17.5 Å². The van der Waals surface area contributed by atoms with E-state index in [1.165, 1.54) is 17.5 Å². The lowest BCUT2D eigenvalue weighted by molar-refractivity contribution is 0.413. The zero-order chi connectivity index (χ0) is 23.0. The third-order valence-corrected chi connectivity index (χ3v) is 6.00. The molecule has 174 valence electrons. The lowest BCUT2D eigenvalue weighted by Crippen LogP contribution is -2.41. The number of aliphatic imine (C=N–C) groups is 1. The molecule has 3 aromatic rings. The molecule has 1 atom stereocenters. The Morgan fingerprint density at radius 2 is 1.76 bits per heavy atom. The summed E-state index contributed by atoms with van der Waals surface area (Å²) in [5, 5.41) is 7.82. The minimum absolute atomic E-state index is 0.644. The third kappa shape index (κ3) is 6.28. The Kier molecular flexibility index (Phi) is 7.50. The van der Waals surface area contributed by atoms with Gasteiger partial charge in [-0.1, -0.05) is 12.1 Å². The van der Waals surface area contributed by atoms with Crippen LogP contribution < -0.4 is 14.8 Å². The Morgan fingerprint density at radius 1 is 1.06 bits per heavy atom. The molecule has 1 saturated heterocycles. The van der Waals surface area contributed by atoms with Crippen LogP contribution in [0.4, 0.5) is 0 Å². The van der Waals surface area contributed by atoms with E-state index < -0.39 is 0 Å². The van der Waals surface area contributed by atoms with Crippen molar-refractivity contribution in [2.45, 2.75) is 19.3 Å². The molecule has 0 saturated carbocycles. The van der Waals surface area contributed by atoms with E-state index in [4.69, 9.17) is 9.47 Å². The summed E-state index contributed by atoms with van der Waals surface area (Å²) in [6.07, 6.45) is 7.28. The van der Waals surface area contributed by atoms with Gasteiger partial charge in [0.15, 0.2) is 5.96 Å². The molecular formula is C26H33N5O2. The first-order chi connectivity index (χ1) is 16.1. The standard InChI is InChI=1S/C26H33N5O2/c1-27-26(31-15-13-21(19-31)16-22-17-29-30(2)18-22)28-14-12-20-4-6-24(7-5-20)33-25-10-8-23(32-3)9-11-25/h4-11,17-18,21H,12-16,19H2,1-3H3,(H,27,28). The van der Waals surface area contributed by atoms with Crippen LogP contribution in [0, 0.1) is 5.92 Å². The van der Waals surface area contributed by atoms with Crippen molar-refractivity contribution in [3.05, 3.63) is 72.1 Å². The molecule has 1 aliphatic rings. The van der Waals surface area contributed by atoms with E-state index in [0.717, 1.165) is 55.7 Å². The molecule has 0 radical (unpaired) electrons. The van der Waals surface area contributed by atoms with Gasteiger partial charge in [-0.3, -0.25) is 9.67 Å². The molecule has 1 fully saturated rings. The topological polar surface area (TPSA) is 63.9 Å². The molecule has 0 amide bonds. The fraction of sp³-hybridized carbons (Fsp3) is 0.385. The van der Waals surface area contributed by atoms with Crippen LogP contribution in [0.5, 0.6) is 17.2 Å². The number of likely N-dealkylation sites (tertiary alicyclic amines) is 1. The first kappa shape index (κ1) is 22.7. The molecule has 4 rings (SSSR count). The van der Waals surface area contributed by atoms with E-state index in [-0.39, 0.29) is 0 Å². The number of rotatable bonds is 8. The molecule has 0 bridgehead atoms. The summed E-state index contributed by atoms with van der Waals surface area (Å²) in [6.45, 7) is 2.92. The second kappa shape index (κ2) is 10.9. The van der Waals surface area contributed by atoms with E-state index >= 15 is 0 Å². The van der Waals surface area contributed by atoms with Crippen LogP contribution in [-0.4, -0.2) is 54.4 Å². The number of ether oxygens (including phenoxy) is 2. The van der Waals surface area contributed by atoms with Crippen molar-refractivity contribution in [2.24, 2.45) is 18.0 Å². The Balaban J connectivity index is 1.21. The highest BCUT2D eigenvalue weighted by molar-refractivity contribution is 5.80. The quantitative estimate of drug-likeness (QED) is 0.419. The van der Waals surface area contributed by atoms with Gasteiger partial charge in [0.05, 0.1) is 13.3 Å². The van der Waals surface area contributed by atoms with E-state index in [0.29, 0.717) is 5.92 Å². The summed E-state index contributed by atoms with van der Waals surface area (Å²) in [5.74, 6) is 4.07. The minimum atomic E-state index is 0.644. The SMILES string of the molecule is CN=C(NCCc1ccc(Oc2ccc(OC)cc2)cc1)N1CCC(Cc2cnn(C)c2)C1. The molecule has 2 aromatic carbocycles. The van der Waals surface area contributed by atoms with Crippen molar-refractivity contribution in [2.75, 3.05) is 33.8 Å². The number of hydrogen-bond donors (Lipinski definition) is 1. The van der Waals surface area contributed by atoms with E-state index in [9.17, 15) is 0 Å². The Morgan fingerprint density at radius 3 is 2.39 bits per heavy atom. The monoisotopic (exact) mass is 447 g/mol. The first-order valence-electron chi connectivity index (χ1n) is 11.5. The van der Waals surface area contributed by atoms with Crippen molar-refractivity contribution >= 4 is 5.96 Å². The summed E-state index contributed by atoms with van der Waals surface area (Å²) < 4.78 is 13.0. The summed E-state index contributed by atoms with van der Waals surface area (Å²) in [7, 11) is 5.49. The van der Waals surface area contributed by atoms with Crippen LogP contribution in [0.2, 0.25) is 0 Å².